The zero-order valence-corrected chi connectivity index (χ0v) is 17.3. The Morgan fingerprint density at radius 3 is 1.88 bits per heavy atom. The van der Waals surface area contributed by atoms with Gasteiger partial charge in [0, 0.05) is 13.1 Å². The summed E-state index contributed by atoms with van der Waals surface area (Å²) in [5, 5.41) is 6.46. The maximum absolute atomic E-state index is 5.76. The summed E-state index contributed by atoms with van der Waals surface area (Å²) in [5.74, 6) is 0.857. The molecule has 25 heavy (non-hydrogen) atoms. The van der Waals surface area contributed by atoms with Crippen LogP contribution in [0, 0.1) is 0 Å². The molecule has 0 spiro atoms. The number of rotatable bonds is 8. The Balaban J connectivity index is 0.00000312. The standard InChI is InChI=1S/C20H27N3O.HI/c1-3-21-20(22-4-2)23-14-17-10-12-19(13-11-17)16-24-15-18-8-6-5-7-9-18;/h5-13H,3-4,14-16H2,1-2H3,(H2,21,22,23);1H. The third-order valence-electron chi connectivity index (χ3n) is 3.51. The highest BCUT2D eigenvalue weighted by atomic mass is 127. The first kappa shape index (κ1) is 21.4. The van der Waals surface area contributed by atoms with E-state index in [0.717, 1.165) is 19.0 Å². The predicted molar refractivity (Wildman–Crippen MR) is 115 cm³/mol. The van der Waals surface area contributed by atoms with Crippen molar-refractivity contribution in [3.05, 3.63) is 71.3 Å². The Bertz CT molecular complexity index is 607. The number of hydrogen-bond acceptors (Lipinski definition) is 2. The summed E-state index contributed by atoms with van der Waals surface area (Å²) in [6.07, 6.45) is 0. The van der Waals surface area contributed by atoms with Crippen molar-refractivity contribution in [1.29, 1.82) is 0 Å². The summed E-state index contributed by atoms with van der Waals surface area (Å²) in [6.45, 7) is 7.79. The van der Waals surface area contributed by atoms with Gasteiger partial charge in [0.25, 0.3) is 0 Å². The van der Waals surface area contributed by atoms with Crippen molar-refractivity contribution in [2.75, 3.05) is 13.1 Å². The van der Waals surface area contributed by atoms with E-state index in [1.165, 1.54) is 16.7 Å². The van der Waals surface area contributed by atoms with Gasteiger partial charge in [-0.05, 0) is 30.5 Å². The molecule has 0 saturated heterocycles. The topological polar surface area (TPSA) is 45.7 Å². The van der Waals surface area contributed by atoms with Crippen LogP contribution in [-0.2, 0) is 24.5 Å². The van der Waals surface area contributed by atoms with Crippen molar-refractivity contribution >= 4 is 29.9 Å². The van der Waals surface area contributed by atoms with Crippen LogP contribution in [0.25, 0.3) is 0 Å². The molecule has 4 nitrogen and oxygen atoms in total. The molecule has 0 aliphatic carbocycles. The second-order valence-corrected chi connectivity index (χ2v) is 5.52. The highest BCUT2D eigenvalue weighted by Crippen LogP contribution is 2.09. The maximum atomic E-state index is 5.76. The lowest BCUT2D eigenvalue weighted by Crippen LogP contribution is -2.36. The average molecular weight is 453 g/mol. The van der Waals surface area contributed by atoms with Crippen molar-refractivity contribution in [3.63, 3.8) is 0 Å². The van der Waals surface area contributed by atoms with Crippen LogP contribution in [0.4, 0.5) is 0 Å². The number of benzene rings is 2. The van der Waals surface area contributed by atoms with Crippen LogP contribution < -0.4 is 10.6 Å². The van der Waals surface area contributed by atoms with Gasteiger partial charge in [-0.2, -0.15) is 0 Å². The van der Waals surface area contributed by atoms with Crippen LogP contribution >= 0.6 is 24.0 Å². The summed E-state index contributed by atoms with van der Waals surface area (Å²) in [6, 6.07) is 18.7. The Kier molecular flexibility index (Phi) is 10.9. The zero-order valence-electron chi connectivity index (χ0n) is 15.0. The van der Waals surface area contributed by atoms with Crippen molar-refractivity contribution in [2.24, 2.45) is 4.99 Å². The molecule has 0 heterocycles. The Hall–Kier alpha value is -1.60. The van der Waals surface area contributed by atoms with Gasteiger partial charge >= 0.3 is 0 Å². The number of guanidine groups is 1. The van der Waals surface area contributed by atoms with Gasteiger partial charge in [0.2, 0.25) is 0 Å². The Morgan fingerprint density at radius 2 is 1.32 bits per heavy atom. The highest BCUT2D eigenvalue weighted by Gasteiger charge is 1.98. The van der Waals surface area contributed by atoms with E-state index in [4.69, 9.17) is 4.74 Å². The molecule has 2 rings (SSSR count). The summed E-state index contributed by atoms with van der Waals surface area (Å²) in [4.78, 5) is 4.57. The SMILES string of the molecule is CCNC(=NCc1ccc(COCc2ccccc2)cc1)NCC.I. The zero-order chi connectivity index (χ0) is 17.0. The molecule has 2 aromatic carbocycles. The monoisotopic (exact) mass is 453 g/mol. The third-order valence-corrected chi connectivity index (χ3v) is 3.51. The largest absolute Gasteiger partial charge is 0.372 e. The molecule has 0 fully saturated rings. The molecular formula is C20H28IN3O. The number of nitrogens with one attached hydrogen (secondary N) is 2. The van der Waals surface area contributed by atoms with Crippen LogP contribution in [0.3, 0.4) is 0 Å². The van der Waals surface area contributed by atoms with Gasteiger partial charge in [-0.1, -0.05) is 54.6 Å². The number of hydrogen-bond donors (Lipinski definition) is 2. The smallest absolute Gasteiger partial charge is 0.191 e. The minimum absolute atomic E-state index is 0. The molecule has 0 unspecified atom stereocenters. The van der Waals surface area contributed by atoms with E-state index in [-0.39, 0.29) is 24.0 Å². The first-order valence-corrected chi connectivity index (χ1v) is 8.53. The lowest BCUT2D eigenvalue weighted by Gasteiger charge is -2.09. The molecule has 0 aliphatic rings. The van der Waals surface area contributed by atoms with Gasteiger partial charge in [-0.3, -0.25) is 0 Å². The Labute approximate surface area is 168 Å². The van der Waals surface area contributed by atoms with E-state index in [9.17, 15) is 0 Å². The van der Waals surface area contributed by atoms with Crippen LogP contribution in [0.15, 0.2) is 59.6 Å². The summed E-state index contributed by atoms with van der Waals surface area (Å²) >= 11 is 0. The number of aliphatic imine (C=N–C) groups is 1. The van der Waals surface area contributed by atoms with Gasteiger partial charge in [0.15, 0.2) is 5.96 Å². The molecule has 0 bridgehead atoms. The second-order valence-electron chi connectivity index (χ2n) is 5.52. The van der Waals surface area contributed by atoms with E-state index < -0.39 is 0 Å². The third kappa shape index (κ3) is 8.36. The summed E-state index contributed by atoms with van der Waals surface area (Å²) < 4.78 is 5.76. The summed E-state index contributed by atoms with van der Waals surface area (Å²) in [5.41, 5.74) is 3.57. The molecular weight excluding hydrogens is 425 g/mol. The van der Waals surface area contributed by atoms with E-state index in [2.05, 4.69) is 65.9 Å². The molecule has 0 aliphatic heterocycles. The van der Waals surface area contributed by atoms with Crippen LogP contribution in [-0.4, -0.2) is 19.0 Å². The highest BCUT2D eigenvalue weighted by molar-refractivity contribution is 14.0. The number of nitrogens with zero attached hydrogens (tertiary/aromatic N) is 1. The van der Waals surface area contributed by atoms with Crippen LogP contribution in [0.5, 0.6) is 0 Å². The number of halogens is 1. The van der Waals surface area contributed by atoms with E-state index in [1.807, 2.05) is 18.2 Å². The molecule has 0 saturated carbocycles. The van der Waals surface area contributed by atoms with Crippen molar-refractivity contribution < 1.29 is 4.74 Å². The maximum Gasteiger partial charge on any atom is 0.191 e. The first-order valence-electron chi connectivity index (χ1n) is 8.53. The predicted octanol–water partition coefficient (Wildman–Crippen LogP) is 4.10. The normalized spacial score (nSPS) is 9.84. The van der Waals surface area contributed by atoms with Gasteiger partial charge in [0.1, 0.15) is 0 Å². The van der Waals surface area contributed by atoms with Gasteiger partial charge in [0.05, 0.1) is 19.8 Å². The fraction of sp³-hybridized carbons (Fsp3) is 0.350. The minimum Gasteiger partial charge on any atom is -0.372 e. The van der Waals surface area contributed by atoms with Gasteiger partial charge in [-0.25, -0.2) is 4.99 Å². The van der Waals surface area contributed by atoms with Crippen molar-refractivity contribution in [2.45, 2.75) is 33.6 Å². The molecule has 0 atom stereocenters. The summed E-state index contributed by atoms with van der Waals surface area (Å²) in [7, 11) is 0. The molecule has 2 aromatic rings. The number of ether oxygens (including phenoxy) is 1. The first-order chi connectivity index (χ1) is 11.8. The van der Waals surface area contributed by atoms with Crippen molar-refractivity contribution in [1.82, 2.24) is 10.6 Å². The second kappa shape index (κ2) is 12.7. The lowest BCUT2D eigenvalue weighted by atomic mass is 10.1. The molecule has 0 radical (unpaired) electrons. The van der Waals surface area contributed by atoms with E-state index in [0.29, 0.717) is 19.8 Å². The van der Waals surface area contributed by atoms with Gasteiger partial charge < -0.3 is 15.4 Å². The quantitative estimate of drug-likeness (QED) is 0.360. The van der Waals surface area contributed by atoms with Crippen molar-refractivity contribution in [3.8, 4) is 0 Å². The molecule has 5 heteroatoms. The van der Waals surface area contributed by atoms with E-state index >= 15 is 0 Å². The molecule has 136 valence electrons. The van der Waals surface area contributed by atoms with Crippen LogP contribution in [0.2, 0.25) is 0 Å². The van der Waals surface area contributed by atoms with Gasteiger partial charge in [-0.15, -0.1) is 24.0 Å². The minimum atomic E-state index is 0. The van der Waals surface area contributed by atoms with E-state index in [1.54, 1.807) is 0 Å². The molecule has 2 N–H and O–H groups in total. The van der Waals surface area contributed by atoms with Crippen LogP contribution in [0.1, 0.15) is 30.5 Å². The fourth-order valence-electron chi connectivity index (χ4n) is 2.28. The Morgan fingerprint density at radius 1 is 0.800 bits per heavy atom. The lowest BCUT2D eigenvalue weighted by molar-refractivity contribution is 0.107. The average Bonchev–Trinajstić information content (AvgIpc) is 2.62. The fourth-order valence-corrected chi connectivity index (χ4v) is 2.28. The molecule has 0 amide bonds. The molecule has 0 aromatic heterocycles.